The van der Waals surface area contributed by atoms with Gasteiger partial charge in [-0.25, -0.2) is 4.79 Å². The molecule has 0 aliphatic rings. The van der Waals surface area contributed by atoms with Crippen molar-refractivity contribution in [1.29, 1.82) is 0 Å². The van der Waals surface area contributed by atoms with E-state index in [1.54, 1.807) is 14.0 Å². The molecule has 84 valence electrons. The van der Waals surface area contributed by atoms with Gasteiger partial charge in [0, 0.05) is 0 Å². The molecule has 0 aliphatic heterocycles. The lowest BCUT2D eigenvalue weighted by molar-refractivity contribution is -0.152. The van der Waals surface area contributed by atoms with Crippen molar-refractivity contribution in [2.24, 2.45) is 0 Å². The van der Waals surface area contributed by atoms with Crippen molar-refractivity contribution < 1.29 is 30.0 Å². The minimum absolute atomic E-state index is 0.366. The Hall–Kier alpha value is -1.18. The first-order chi connectivity index (χ1) is 6.31. The molecule has 5 N–H and O–H groups in total. The van der Waals surface area contributed by atoms with Crippen molar-refractivity contribution in [1.82, 2.24) is 5.32 Å². The minimum atomic E-state index is -1.79. The van der Waals surface area contributed by atoms with Gasteiger partial charge in [0.25, 0.3) is 0 Å². The fourth-order valence-electron chi connectivity index (χ4n) is 0.253. The first-order valence-electron chi connectivity index (χ1n) is 3.79. The Bertz CT molecular complexity index is 181. The molecule has 0 aliphatic carbocycles. The van der Waals surface area contributed by atoms with Gasteiger partial charge in [0.05, 0.1) is 6.42 Å². The van der Waals surface area contributed by atoms with Crippen LogP contribution in [0.15, 0.2) is 0 Å². The van der Waals surface area contributed by atoms with Gasteiger partial charge in [-0.1, -0.05) is 0 Å². The molecule has 2 atom stereocenters. The summed E-state index contributed by atoms with van der Waals surface area (Å²) in [5.74, 6) is -2.85. The molecule has 0 saturated heterocycles. The number of aliphatic carboxylic acids is 2. The Labute approximate surface area is 81.0 Å². The topological polar surface area (TPSA) is 127 Å². The van der Waals surface area contributed by atoms with Crippen molar-refractivity contribution in [2.45, 2.75) is 25.7 Å². The van der Waals surface area contributed by atoms with E-state index in [9.17, 15) is 9.59 Å². The highest BCUT2D eigenvalue weighted by Gasteiger charge is 2.16. The molecule has 2 unspecified atom stereocenters. The zero-order chi connectivity index (χ0) is 11.7. The summed E-state index contributed by atoms with van der Waals surface area (Å²) in [4.78, 5) is 19.4. The number of carboxylic acids is 2. The molecule has 7 nitrogen and oxygen atoms in total. The fraction of sp³-hybridized carbons (Fsp3) is 0.714. The molecule has 0 aromatic carbocycles. The van der Waals surface area contributed by atoms with Crippen molar-refractivity contribution in [2.75, 3.05) is 7.05 Å². The van der Waals surface area contributed by atoms with E-state index >= 15 is 0 Å². The molecule has 0 radical (unpaired) electrons. The van der Waals surface area contributed by atoms with Gasteiger partial charge in [0.2, 0.25) is 0 Å². The molecular formula is C7H15NO6. The number of rotatable bonds is 4. The predicted octanol–water partition coefficient (Wildman–Crippen LogP) is -1.55. The number of aliphatic hydroxyl groups excluding tert-OH is 2. The molecule has 0 aromatic heterocycles. The van der Waals surface area contributed by atoms with Crippen LogP contribution in [-0.4, -0.2) is 51.7 Å². The maximum atomic E-state index is 9.72. The van der Waals surface area contributed by atoms with Crippen LogP contribution in [0.4, 0.5) is 0 Å². The van der Waals surface area contributed by atoms with E-state index in [2.05, 4.69) is 5.32 Å². The number of hydrogen-bond acceptors (Lipinski definition) is 5. The van der Waals surface area contributed by atoms with E-state index < -0.39 is 24.5 Å². The van der Waals surface area contributed by atoms with Gasteiger partial charge in [-0.05, 0) is 14.0 Å². The molecule has 0 aromatic rings. The second kappa shape index (κ2) is 8.42. The molecule has 0 bridgehead atoms. The largest absolute Gasteiger partial charge is 0.481 e. The van der Waals surface area contributed by atoms with Crippen LogP contribution in [0.3, 0.4) is 0 Å². The first kappa shape index (κ1) is 15.3. The van der Waals surface area contributed by atoms with E-state index in [0.29, 0.717) is 0 Å². The van der Waals surface area contributed by atoms with Crippen molar-refractivity contribution in [3.05, 3.63) is 0 Å². The monoisotopic (exact) mass is 209 g/mol. The third-order valence-electron chi connectivity index (χ3n) is 1.07. The van der Waals surface area contributed by atoms with Gasteiger partial charge in [0.1, 0.15) is 6.23 Å². The summed E-state index contributed by atoms with van der Waals surface area (Å²) in [7, 11) is 1.70. The van der Waals surface area contributed by atoms with Gasteiger partial charge in [-0.3, -0.25) is 10.1 Å². The molecule has 14 heavy (non-hydrogen) atoms. The van der Waals surface area contributed by atoms with Crippen LogP contribution in [-0.2, 0) is 9.59 Å². The number of carboxylic acid groups (broad SMARTS) is 2. The lowest BCUT2D eigenvalue weighted by Crippen LogP contribution is -2.22. The smallest absolute Gasteiger partial charge is 0.333 e. The Morgan fingerprint density at radius 1 is 1.29 bits per heavy atom. The fourth-order valence-corrected chi connectivity index (χ4v) is 0.253. The third kappa shape index (κ3) is 13.4. The molecular weight excluding hydrogens is 194 g/mol. The zero-order valence-corrected chi connectivity index (χ0v) is 7.97. The second-order valence-corrected chi connectivity index (χ2v) is 2.42. The summed E-state index contributed by atoms with van der Waals surface area (Å²) in [5.41, 5.74) is 0. The van der Waals surface area contributed by atoms with Crippen molar-refractivity contribution in [3.63, 3.8) is 0 Å². The minimum Gasteiger partial charge on any atom is -0.481 e. The molecule has 7 heteroatoms. The lowest BCUT2D eigenvalue weighted by atomic mass is 10.3. The normalized spacial score (nSPS) is 13.4. The Balaban J connectivity index is 0. The van der Waals surface area contributed by atoms with E-state index in [0.717, 1.165) is 0 Å². The second-order valence-electron chi connectivity index (χ2n) is 2.42. The maximum absolute atomic E-state index is 9.72. The van der Waals surface area contributed by atoms with Crippen LogP contribution in [0.25, 0.3) is 0 Å². The van der Waals surface area contributed by atoms with Gasteiger partial charge >= 0.3 is 11.9 Å². The van der Waals surface area contributed by atoms with Crippen LogP contribution < -0.4 is 5.32 Å². The third-order valence-corrected chi connectivity index (χ3v) is 1.07. The number of hydrogen-bond donors (Lipinski definition) is 5. The van der Waals surface area contributed by atoms with E-state index in [-0.39, 0.29) is 6.23 Å². The highest BCUT2D eigenvalue weighted by Crippen LogP contribution is 1.89. The summed E-state index contributed by atoms with van der Waals surface area (Å²) in [6.07, 6.45) is -2.91. The van der Waals surface area contributed by atoms with Crippen LogP contribution in [0.5, 0.6) is 0 Å². The average Bonchev–Trinajstić information content (AvgIpc) is 2.04. The molecule has 0 saturated carbocycles. The molecule has 0 spiro atoms. The number of nitrogens with one attached hydrogen (secondary N) is 1. The quantitative estimate of drug-likeness (QED) is 0.355. The Morgan fingerprint density at radius 2 is 1.64 bits per heavy atom. The van der Waals surface area contributed by atoms with Gasteiger partial charge in [-0.2, -0.15) is 0 Å². The van der Waals surface area contributed by atoms with Crippen LogP contribution in [0.1, 0.15) is 13.3 Å². The van der Waals surface area contributed by atoms with E-state index in [4.69, 9.17) is 20.4 Å². The Kier molecular flexibility index (Phi) is 9.20. The van der Waals surface area contributed by atoms with Gasteiger partial charge < -0.3 is 20.4 Å². The highest BCUT2D eigenvalue weighted by atomic mass is 16.4. The predicted molar refractivity (Wildman–Crippen MR) is 46.6 cm³/mol. The maximum Gasteiger partial charge on any atom is 0.333 e. The van der Waals surface area contributed by atoms with Crippen molar-refractivity contribution in [3.8, 4) is 0 Å². The standard InChI is InChI=1S/C4H6O5.C3H9NO/c5-2(4(8)9)1-3(6)7;1-3(5)4-2/h2,5H,1H2,(H,6,7)(H,8,9);3-5H,1-2H3. The number of aliphatic hydroxyl groups is 2. The Morgan fingerprint density at radius 3 is 1.71 bits per heavy atom. The summed E-state index contributed by atoms with van der Waals surface area (Å²) in [6.45, 7) is 1.67. The van der Waals surface area contributed by atoms with Crippen LogP contribution in [0.2, 0.25) is 0 Å². The van der Waals surface area contributed by atoms with Crippen LogP contribution in [0, 0.1) is 0 Å². The van der Waals surface area contributed by atoms with Gasteiger partial charge in [0.15, 0.2) is 6.10 Å². The molecule has 0 heterocycles. The number of carbonyl (C=O) groups is 2. The summed E-state index contributed by atoms with van der Waals surface area (Å²) in [5, 5.41) is 35.0. The summed E-state index contributed by atoms with van der Waals surface area (Å²) < 4.78 is 0. The molecule has 0 amide bonds. The first-order valence-corrected chi connectivity index (χ1v) is 3.79. The van der Waals surface area contributed by atoms with E-state index in [1.807, 2.05) is 0 Å². The van der Waals surface area contributed by atoms with Crippen LogP contribution >= 0.6 is 0 Å². The summed E-state index contributed by atoms with van der Waals surface area (Å²) >= 11 is 0. The van der Waals surface area contributed by atoms with Crippen molar-refractivity contribution >= 4 is 11.9 Å². The molecule has 0 fully saturated rings. The average molecular weight is 209 g/mol. The highest BCUT2D eigenvalue weighted by molar-refractivity contribution is 5.79. The SMILES string of the molecule is CNC(C)O.O=C(O)CC(O)C(=O)O. The van der Waals surface area contributed by atoms with Gasteiger partial charge in [-0.15, -0.1) is 0 Å². The lowest BCUT2D eigenvalue weighted by Gasteiger charge is -1.97. The molecule has 0 rings (SSSR count). The van der Waals surface area contributed by atoms with E-state index in [1.165, 1.54) is 0 Å². The summed E-state index contributed by atoms with van der Waals surface area (Å²) in [6, 6.07) is 0. The zero-order valence-electron chi connectivity index (χ0n) is 7.97.